The zero-order valence-corrected chi connectivity index (χ0v) is 12.9. The molecule has 0 radical (unpaired) electrons. The number of carbonyl (C=O) groups is 1. The molecule has 0 spiro atoms. The Labute approximate surface area is 112 Å². The second kappa shape index (κ2) is 8.52. The summed E-state index contributed by atoms with van der Waals surface area (Å²) in [7, 11) is 0. The van der Waals surface area contributed by atoms with Gasteiger partial charge in [-0.2, -0.15) is 0 Å². The Morgan fingerprint density at radius 1 is 1.22 bits per heavy atom. The summed E-state index contributed by atoms with van der Waals surface area (Å²) < 4.78 is 11.0. The number of rotatable bonds is 8. The molecule has 0 aromatic carbocycles. The molecule has 18 heavy (non-hydrogen) atoms. The second-order valence-electron chi connectivity index (χ2n) is 6.05. The SMILES string of the molecule is CCCOCC(C)CC(CC)C(=O)OC(C)(C)C. The van der Waals surface area contributed by atoms with Gasteiger partial charge in [0.25, 0.3) is 0 Å². The van der Waals surface area contributed by atoms with Crippen LogP contribution in [0, 0.1) is 11.8 Å². The summed E-state index contributed by atoms with van der Waals surface area (Å²) in [5.74, 6) is 0.311. The van der Waals surface area contributed by atoms with Crippen LogP contribution >= 0.6 is 0 Å². The van der Waals surface area contributed by atoms with E-state index < -0.39 is 5.60 Å². The summed E-state index contributed by atoms with van der Waals surface area (Å²) in [5, 5.41) is 0. The fourth-order valence-electron chi connectivity index (χ4n) is 1.80. The molecular weight excluding hydrogens is 228 g/mol. The van der Waals surface area contributed by atoms with Gasteiger partial charge in [0.1, 0.15) is 5.60 Å². The zero-order chi connectivity index (χ0) is 14.2. The summed E-state index contributed by atoms with van der Waals surface area (Å²) in [6, 6.07) is 0. The molecule has 0 rings (SSSR count). The Kier molecular flexibility index (Phi) is 8.25. The third-order valence-corrected chi connectivity index (χ3v) is 2.67. The van der Waals surface area contributed by atoms with Crippen LogP contribution in [-0.2, 0) is 14.3 Å². The van der Waals surface area contributed by atoms with Crippen LogP contribution in [0.5, 0.6) is 0 Å². The van der Waals surface area contributed by atoms with Crippen LogP contribution in [0.25, 0.3) is 0 Å². The van der Waals surface area contributed by atoms with E-state index in [0.29, 0.717) is 5.92 Å². The molecule has 0 N–H and O–H groups in total. The lowest BCUT2D eigenvalue weighted by Crippen LogP contribution is -2.29. The van der Waals surface area contributed by atoms with Crippen LogP contribution in [0.3, 0.4) is 0 Å². The molecule has 0 amide bonds. The topological polar surface area (TPSA) is 35.5 Å². The molecule has 0 heterocycles. The van der Waals surface area contributed by atoms with Gasteiger partial charge in [-0.15, -0.1) is 0 Å². The van der Waals surface area contributed by atoms with E-state index in [0.717, 1.165) is 32.5 Å². The van der Waals surface area contributed by atoms with E-state index in [-0.39, 0.29) is 11.9 Å². The first-order valence-electron chi connectivity index (χ1n) is 7.10. The van der Waals surface area contributed by atoms with Gasteiger partial charge < -0.3 is 9.47 Å². The lowest BCUT2D eigenvalue weighted by atomic mass is 9.94. The standard InChI is InChI=1S/C15H30O3/c1-7-9-17-11-12(3)10-13(8-2)14(16)18-15(4,5)6/h12-13H,7-11H2,1-6H3. The molecule has 108 valence electrons. The molecule has 0 aromatic heterocycles. The fourth-order valence-corrected chi connectivity index (χ4v) is 1.80. The first-order chi connectivity index (χ1) is 8.30. The van der Waals surface area contributed by atoms with Gasteiger partial charge in [-0.3, -0.25) is 4.79 Å². The Bertz CT molecular complexity index is 230. The number of carbonyl (C=O) groups excluding carboxylic acids is 1. The number of hydrogen-bond donors (Lipinski definition) is 0. The van der Waals surface area contributed by atoms with Crippen molar-refractivity contribution in [3.8, 4) is 0 Å². The molecule has 3 nitrogen and oxygen atoms in total. The molecule has 0 saturated heterocycles. The van der Waals surface area contributed by atoms with E-state index in [9.17, 15) is 4.79 Å². The van der Waals surface area contributed by atoms with E-state index >= 15 is 0 Å². The molecule has 3 heteroatoms. The minimum atomic E-state index is -0.396. The monoisotopic (exact) mass is 258 g/mol. The maximum atomic E-state index is 12.0. The van der Waals surface area contributed by atoms with Crippen molar-refractivity contribution in [3.63, 3.8) is 0 Å². The summed E-state index contributed by atoms with van der Waals surface area (Å²) in [4.78, 5) is 12.0. The molecule has 0 aliphatic heterocycles. The summed E-state index contributed by atoms with van der Waals surface area (Å²) in [5.41, 5.74) is -0.396. The second-order valence-corrected chi connectivity index (χ2v) is 6.05. The maximum Gasteiger partial charge on any atom is 0.309 e. The third-order valence-electron chi connectivity index (χ3n) is 2.67. The van der Waals surface area contributed by atoms with Crippen molar-refractivity contribution in [1.82, 2.24) is 0 Å². The molecule has 0 saturated carbocycles. The largest absolute Gasteiger partial charge is 0.460 e. The number of hydrogen-bond acceptors (Lipinski definition) is 3. The lowest BCUT2D eigenvalue weighted by Gasteiger charge is -2.25. The molecular formula is C15H30O3. The summed E-state index contributed by atoms with van der Waals surface area (Å²) in [6.45, 7) is 13.5. The van der Waals surface area contributed by atoms with Crippen LogP contribution in [-0.4, -0.2) is 24.8 Å². The molecule has 0 fully saturated rings. The Morgan fingerprint density at radius 3 is 2.28 bits per heavy atom. The first kappa shape index (κ1) is 17.4. The highest BCUT2D eigenvalue weighted by atomic mass is 16.6. The highest BCUT2D eigenvalue weighted by Crippen LogP contribution is 2.20. The fraction of sp³-hybridized carbons (Fsp3) is 0.933. The van der Waals surface area contributed by atoms with Crippen LogP contribution in [0.4, 0.5) is 0 Å². The van der Waals surface area contributed by atoms with Crippen molar-refractivity contribution in [2.45, 2.75) is 66.4 Å². The molecule has 2 atom stereocenters. The minimum Gasteiger partial charge on any atom is -0.460 e. The average molecular weight is 258 g/mol. The van der Waals surface area contributed by atoms with Crippen LogP contribution in [0.15, 0.2) is 0 Å². The zero-order valence-electron chi connectivity index (χ0n) is 12.9. The van der Waals surface area contributed by atoms with E-state index in [4.69, 9.17) is 9.47 Å². The predicted octanol–water partition coefficient (Wildman–Crippen LogP) is 3.81. The smallest absolute Gasteiger partial charge is 0.309 e. The Hall–Kier alpha value is -0.570. The lowest BCUT2D eigenvalue weighted by molar-refractivity contribution is -0.160. The Morgan fingerprint density at radius 2 is 1.83 bits per heavy atom. The van der Waals surface area contributed by atoms with Gasteiger partial charge in [0.2, 0.25) is 0 Å². The molecule has 0 bridgehead atoms. The van der Waals surface area contributed by atoms with Gasteiger partial charge in [-0.1, -0.05) is 20.8 Å². The highest BCUT2D eigenvalue weighted by molar-refractivity contribution is 5.72. The normalized spacial score (nSPS) is 15.2. The van der Waals surface area contributed by atoms with Gasteiger partial charge in [0, 0.05) is 13.2 Å². The van der Waals surface area contributed by atoms with E-state index in [1.54, 1.807) is 0 Å². The van der Waals surface area contributed by atoms with Gasteiger partial charge >= 0.3 is 5.97 Å². The van der Waals surface area contributed by atoms with E-state index in [2.05, 4.69) is 13.8 Å². The van der Waals surface area contributed by atoms with Gasteiger partial charge in [-0.25, -0.2) is 0 Å². The first-order valence-corrected chi connectivity index (χ1v) is 7.10. The van der Waals surface area contributed by atoms with Crippen LogP contribution in [0.1, 0.15) is 60.8 Å². The number of ether oxygens (including phenoxy) is 2. The minimum absolute atomic E-state index is 0.00977. The van der Waals surface area contributed by atoms with Crippen molar-refractivity contribution in [2.24, 2.45) is 11.8 Å². The van der Waals surface area contributed by atoms with Crippen molar-refractivity contribution < 1.29 is 14.3 Å². The van der Waals surface area contributed by atoms with Crippen molar-refractivity contribution in [2.75, 3.05) is 13.2 Å². The summed E-state index contributed by atoms with van der Waals surface area (Å²) in [6.07, 6.45) is 2.71. The average Bonchev–Trinajstić information content (AvgIpc) is 2.23. The van der Waals surface area contributed by atoms with Crippen molar-refractivity contribution in [1.29, 1.82) is 0 Å². The van der Waals surface area contributed by atoms with Crippen molar-refractivity contribution in [3.05, 3.63) is 0 Å². The quantitative estimate of drug-likeness (QED) is 0.490. The molecule has 0 aliphatic carbocycles. The Balaban J connectivity index is 4.12. The molecule has 0 aromatic rings. The van der Waals surface area contributed by atoms with Gasteiger partial charge in [0.05, 0.1) is 5.92 Å². The summed E-state index contributed by atoms with van der Waals surface area (Å²) >= 11 is 0. The number of esters is 1. The predicted molar refractivity (Wildman–Crippen MR) is 74.5 cm³/mol. The van der Waals surface area contributed by atoms with Crippen LogP contribution in [0.2, 0.25) is 0 Å². The van der Waals surface area contributed by atoms with E-state index in [1.165, 1.54) is 0 Å². The van der Waals surface area contributed by atoms with Gasteiger partial charge in [-0.05, 0) is 46.0 Å². The highest BCUT2D eigenvalue weighted by Gasteiger charge is 2.25. The maximum absolute atomic E-state index is 12.0. The van der Waals surface area contributed by atoms with Crippen molar-refractivity contribution >= 4 is 5.97 Å². The third kappa shape index (κ3) is 8.51. The van der Waals surface area contributed by atoms with Gasteiger partial charge in [0.15, 0.2) is 0 Å². The molecule has 2 unspecified atom stereocenters. The molecule has 0 aliphatic rings. The van der Waals surface area contributed by atoms with Crippen LogP contribution < -0.4 is 0 Å². The van der Waals surface area contributed by atoms with E-state index in [1.807, 2.05) is 27.7 Å².